The van der Waals surface area contributed by atoms with Crippen molar-refractivity contribution in [2.75, 3.05) is 11.9 Å². The Morgan fingerprint density at radius 3 is 2.74 bits per heavy atom. The summed E-state index contributed by atoms with van der Waals surface area (Å²) in [6, 6.07) is 9.98. The lowest BCUT2D eigenvalue weighted by atomic mass is 9.77. The fourth-order valence-corrected chi connectivity index (χ4v) is 2.69. The van der Waals surface area contributed by atoms with E-state index >= 15 is 0 Å². The van der Waals surface area contributed by atoms with Gasteiger partial charge in [0.1, 0.15) is 5.76 Å². The molecule has 0 saturated carbocycles. The van der Waals surface area contributed by atoms with Gasteiger partial charge in [-0.05, 0) is 35.9 Å². The number of carbonyl (C=O) groups is 1. The average Bonchev–Trinajstić information content (AvgIpc) is 2.89. The molecule has 0 atom stereocenters. The minimum atomic E-state index is -0.137. The molecule has 0 spiro atoms. The molecule has 19 heavy (non-hydrogen) atoms. The highest BCUT2D eigenvalue weighted by molar-refractivity contribution is 5.97. The molecule has 98 valence electrons. The summed E-state index contributed by atoms with van der Waals surface area (Å²) >= 11 is 0. The van der Waals surface area contributed by atoms with Gasteiger partial charge in [-0.2, -0.15) is 0 Å². The molecule has 0 unspecified atom stereocenters. The Kier molecular flexibility index (Phi) is 2.52. The second kappa shape index (κ2) is 3.98. The smallest absolute Gasteiger partial charge is 0.227 e. The van der Waals surface area contributed by atoms with Gasteiger partial charge < -0.3 is 9.32 Å². The highest BCUT2D eigenvalue weighted by Crippen LogP contribution is 2.41. The summed E-state index contributed by atoms with van der Waals surface area (Å²) in [4.78, 5) is 13.7. The van der Waals surface area contributed by atoms with Gasteiger partial charge >= 0.3 is 0 Å². The Balaban J connectivity index is 2.16. The first kappa shape index (κ1) is 12.0. The van der Waals surface area contributed by atoms with Crippen molar-refractivity contribution < 1.29 is 9.21 Å². The average molecular weight is 255 g/mol. The molecule has 0 N–H and O–H groups in total. The summed E-state index contributed by atoms with van der Waals surface area (Å²) in [5.74, 6) is 1.03. The minimum absolute atomic E-state index is 0.137. The van der Waals surface area contributed by atoms with Crippen molar-refractivity contribution in [3.05, 3.63) is 42.2 Å². The second-order valence-corrected chi connectivity index (χ2v) is 5.72. The Labute approximate surface area is 112 Å². The third-order valence-corrected chi connectivity index (χ3v) is 3.86. The zero-order valence-electron chi connectivity index (χ0n) is 11.4. The number of carbonyl (C=O) groups excluding carboxylic acids is 1. The molecule has 1 aliphatic heterocycles. The van der Waals surface area contributed by atoms with Crippen LogP contribution in [0.3, 0.4) is 0 Å². The molecule has 2 aromatic rings. The lowest BCUT2D eigenvalue weighted by molar-refractivity contribution is -0.119. The number of hydrogen-bond donors (Lipinski definition) is 0. The molecule has 3 nitrogen and oxygen atoms in total. The van der Waals surface area contributed by atoms with E-state index in [1.165, 1.54) is 5.56 Å². The number of benzene rings is 1. The Hall–Kier alpha value is -2.03. The maximum Gasteiger partial charge on any atom is 0.227 e. The Morgan fingerprint density at radius 2 is 2.05 bits per heavy atom. The lowest BCUT2D eigenvalue weighted by Gasteiger charge is -2.37. The number of nitrogens with zero attached hydrogens (tertiary/aromatic N) is 1. The number of rotatable bonds is 1. The fourth-order valence-electron chi connectivity index (χ4n) is 2.69. The van der Waals surface area contributed by atoms with Crippen molar-refractivity contribution in [3.63, 3.8) is 0 Å². The monoisotopic (exact) mass is 255 g/mol. The van der Waals surface area contributed by atoms with Gasteiger partial charge in [0.15, 0.2) is 0 Å². The van der Waals surface area contributed by atoms with Crippen molar-refractivity contribution >= 4 is 11.6 Å². The summed E-state index contributed by atoms with van der Waals surface area (Å²) in [5, 5.41) is 0. The number of anilines is 1. The summed E-state index contributed by atoms with van der Waals surface area (Å²) in [6.45, 7) is 4.23. The summed E-state index contributed by atoms with van der Waals surface area (Å²) in [5.41, 5.74) is 3.11. The lowest BCUT2D eigenvalue weighted by Crippen LogP contribution is -2.39. The maximum atomic E-state index is 12.0. The van der Waals surface area contributed by atoms with Crippen LogP contribution in [0.1, 0.15) is 25.8 Å². The molecular weight excluding hydrogens is 238 g/mol. The molecule has 0 bridgehead atoms. The van der Waals surface area contributed by atoms with Gasteiger partial charge in [0, 0.05) is 30.1 Å². The van der Waals surface area contributed by atoms with E-state index in [1.807, 2.05) is 31.3 Å². The molecule has 0 radical (unpaired) electrons. The molecule has 0 saturated heterocycles. The van der Waals surface area contributed by atoms with Crippen molar-refractivity contribution in [2.45, 2.75) is 25.7 Å². The Morgan fingerprint density at radius 1 is 1.26 bits per heavy atom. The molecule has 1 aromatic heterocycles. The molecule has 1 aromatic carbocycles. The van der Waals surface area contributed by atoms with Crippen LogP contribution in [0.2, 0.25) is 0 Å². The van der Waals surface area contributed by atoms with Gasteiger partial charge in [-0.3, -0.25) is 4.79 Å². The molecule has 3 rings (SSSR count). The number of hydrogen-bond acceptors (Lipinski definition) is 2. The van der Waals surface area contributed by atoms with E-state index in [2.05, 4.69) is 19.9 Å². The van der Waals surface area contributed by atoms with Crippen LogP contribution in [0, 0.1) is 0 Å². The summed E-state index contributed by atoms with van der Waals surface area (Å²) in [7, 11) is 1.84. The van der Waals surface area contributed by atoms with Crippen LogP contribution in [0.4, 0.5) is 5.69 Å². The maximum absolute atomic E-state index is 12.0. The number of furan rings is 1. The van der Waals surface area contributed by atoms with Gasteiger partial charge in [-0.15, -0.1) is 0 Å². The largest absolute Gasteiger partial charge is 0.464 e. The standard InChI is InChI=1S/C16H17NO2/c1-16(2)10-15(18)17(3)13-7-6-11(9-12(13)16)14-5-4-8-19-14/h4-9H,10H2,1-3H3. The van der Waals surface area contributed by atoms with Crippen LogP contribution in [-0.2, 0) is 10.2 Å². The molecule has 0 aliphatic carbocycles. The predicted octanol–water partition coefficient (Wildman–Crippen LogP) is 3.59. The van der Waals surface area contributed by atoms with Gasteiger partial charge in [0.2, 0.25) is 5.91 Å². The topological polar surface area (TPSA) is 33.5 Å². The van der Waals surface area contributed by atoms with E-state index in [1.54, 1.807) is 11.2 Å². The SMILES string of the molecule is CN1C(=O)CC(C)(C)c2cc(-c3ccco3)ccc21. The zero-order chi connectivity index (χ0) is 13.6. The van der Waals surface area contributed by atoms with Crippen LogP contribution >= 0.6 is 0 Å². The van der Waals surface area contributed by atoms with E-state index in [0.717, 1.165) is 17.0 Å². The van der Waals surface area contributed by atoms with Crippen LogP contribution < -0.4 is 4.90 Å². The molecule has 2 heterocycles. The fraction of sp³-hybridized carbons (Fsp3) is 0.312. The molecule has 0 fully saturated rings. The van der Waals surface area contributed by atoms with Crippen molar-refractivity contribution in [1.82, 2.24) is 0 Å². The first-order chi connectivity index (χ1) is 8.99. The van der Waals surface area contributed by atoms with Crippen LogP contribution in [0.25, 0.3) is 11.3 Å². The van der Waals surface area contributed by atoms with Crippen LogP contribution in [0.5, 0.6) is 0 Å². The van der Waals surface area contributed by atoms with E-state index in [-0.39, 0.29) is 11.3 Å². The first-order valence-corrected chi connectivity index (χ1v) is 6.44. The van der Waals surface area contributed by atoms with Gasteiger partial charge in [-0.1, -0.05) is 13.8 Å². The third-order valence-electron chi connectivity index (χ3n) is 3.86. The molecule has 3 heteroatoms. The van der Waals surface area contributed by atoms with Crippen molar-refractivity contribution in [1.29, 1.82) is 0 Å². The third kappa shape index (κ3) is 1.86. The van der Waals surface area contributed by atoms with E-state index in [4.69, 9.17) is 4.42 Å². The van der Waals surface area contributed by atoms with Crippen LogP contribution in [-0.4, -0.2) is 13.0 Å². The summed E-state index contributed by atoms with van der Waals surface area (Å²) < 4.78 is 5.45. The van der Waals surface area contributed by atoms with Gasteiger partial charge in [-0.25, -0.2) is 0 Å². The normalized spacial score (nSPS) is 17.4. The first-order valence-electron chi connectivity index (χ1n) is 6.44. The zero-order valence-corrected chi connectivity index (χ0v) is 11.4. The molecular formula is C16H17NO2. The quantitative estimate of drug-likeness (QED) is 0.780. The van der Waals surface area contributed by atoms with Crippen molar-refractivity contribution in [2.24, 2.45) is 0 Å². The van der Waals surface area contributed by atoms with Gasteiger partial charge in [0.25, 0.3) is 0 Å². The van der Waals surface area contributed by atoms with Crippen molar-refractivity contribution in [3.8, 4) is 11.3 Å². The van der Waals surface area contributed by atoms with E-state index < -0.39 is 0 Å². The second-order valence-electron chi connectivity index (χ2n) is 5.72. The van der Waals surface area contributed by atoms with E-state index in [0.29, 0.717) is 6.42 Å². The molecule has 1 aliphatic rings. The van der Waals surface area contributed by atoms with Gasteiger partial charge in [0.05, 0.1) is 6.26 Å². The number of fused-ring (bicyclic) bond motifs is 1. The highest BCUT2D eigenvalue weighted by Gasteiger charge is 2.35. The number of amides is 1. The van der Waals surface area contributed by atoms with Crippen LogP contribution in [0.15, 0.2) is 41.0 Å². The van der Waals surface area contributed by atoms with E-state index in [9.17, 15) is 4.79 Å². The minimum Gasteiger partial charge on any atom is -0.464 e. The summed E-state index contributed by atoms with van der Waals surface area (Å²) in [6.07, 6.45) is 2.22. The predicted molar refractivity (Wildman–Crippen MR) is 75.2 cm³/mol. The molecule has 1 amide bonds. The highest BCUT2D eigenvalue weighted by atomic mass is 16.3. The Bertz CT molecular complexity index is 626.